The van der Waals surface area contributed by atoms with Crippen molar-refractivity contribution >= 4 is 41.4 Å². The molecule has 2 aliphatic heterocycles. The third-order valence-corrected chi connectivity index (χ3v) is 4.92. The van der Waals surface area contributed by atoms with Crippen molar-refractivity contribution in [3.05, 3.63) is 11.3 Å². The van der Waals surface area contributed by atoms with E-state index in [4.69, 9.17) is 5.11 Å². The van der Waals surface area contributed by atoms with Crippen molar-refractivity contribution in [1.29, 1.82) is 0 Å². The molecular formula is C10H11NO5S2. The van der Waals surface area contributed by atoms with Gasteiger partial charge < -0.3 is 10.2 Å². The molecule has 0 radical (unpaired) electrons. The number of carbonyl (C=O) groups is 3. The topological polar surface area (TPSA) is 94.9 Å². The number of β-lactam (4-membered cyclic amide) rings is 1. The zero-order chi connectivity index (χ0) is 13.3. The van der Waals surface area contributed by atoms with Crippen LogP contribution in [0.1, 0.15) is 6.42 Å². The van der Waals surface area contributed by atoms with Gasteiger partial charge in [-0.1, -0.05) is 0 Å². The number of hydrogen-bond acceptors (Lipinski definition) is 5. The minimum absolute atomic E-state index is 0.0490. The molecule has 6 nitrogen and oxygen atoms in total. The van der Waals surface area contributed by atoms with Crippen LogP contribution in [0.15, 0.2) is 11.3 Å². The van der Waals surface area contributed by atoms with Crippen LogP contribution in [0.4, 0.5) is 0 Å². The summed E-state index contributed by atoms with van der Waals surface area (Å²) in [4.78, 5) is 34.4. The molecule has 0 spiro atoms. The van der Waals surface area contributed by atoms with Crippen molar-refractivity contribution in [3.8, 4) is 0 Å². The maximum atomic E-state index is 11.4. The van der Waals surface area contributed by atoms with Crippen LogP contribution in [-0.4, -0.2) is 55.6 Å². The van der Waals surface area contributed by atoms with Crippen molar-refractivity contribution in [2.24, 2.45) is 0 Å². The minimum atomic E-state index is -1.11. The van der Waals surface area contributed by atoms with Gasteiger partial charge in [-0.3, -0.25) is 14.5 Å². The number of hydrogen-bond donors (Lipinski definition) is 2. The summed E-state index contributed by atoms with van der Waals surface area (Å²) < 4.78 is 0. The van der Waals surface area contributed by atoms with E-state index < -0.39 is 11.9 Å². The average molecular weight is 289 g/mol. The highest BCUT2D eigenvalue weighted by atomic mass is 32.2. The van der Waals surface area contributed by atoms with Crippen molar-refractivity contribution < 1.29 is 24.6 Å². The Hall–Kier alpha value is -1.15. The molecular weight excluding hydrogens is 278 g/mol. The van der Waals surface area contributed by atoms with E-state index in [0.717, 1.165) is 11.8 Å². The lowest BCUT2D eigenvalue weighted by Crippen LogP contribution is -2.54. The molecule has 0 aliphatic carbocycles. The summed E-state index contributed by atoms with van der Waals surface area (Å²) in [5.41, 5.74) is 0.677. The van der Waals surface area contributed by atoms with Crippen molar-refractivity contribution in [3.63, 3.8) is 0 Å². The molecule has 2 heterocycles. The molecule has 0 unspecified atom stereocenters. The van der Waals surface area contributed by atoms with Crippen LogP contribution >= 0.6 is 23.5 Å². The van der Waals surface area contributed by atoms with Gasteiger partial charge in [0.25, 0.3) is 0 Å². The van der Waals surface area contributed by atoms with E-state index >= 15 is 0 Å². The molecule has 98 valence electrons. The Bertz CT molecular complexity index is 448. The van der Waals surface area contributed by atoms with Crippen LogP contribution in [-0.2, 0) is 14.4 Å². The third-order valence-electron chi connectivity index (χ3n) is 2.64. The van der Waals surface area contributed by atoms with Gasteiger partial charge in [-0.05, 0) is 5.57 Å². The van der Waals surface area contributed by atoms with E-state index in [1.165, 1.54) is 16.7 Å². The second-order valence-corrected chi connectivity index (χ2v) is 6.03. The number of thioether (sulfide) groups is 2. The van der Waals surface area contributed by atoms with Crippen LogP contribution in [0, 0.1) is 0 Å². The Morgan fingerprint density at radius 2 is 2.17 bits per heavy atom. The van der Waals surface area contributed by atoms with E-state index in [1.807, 2.05) is 0 Å². The van der Waals surface area contributed by atoms with Crippen LogP contribution in [0.3, 0.4) is 0 Å². The Morgan fingerprint density at radius 1 is 1.44 bits per heavy atom. The number of carboxylic acids is 2. The number of carboxylic acid groups (broad SMARTS) is 2. The lowest BCUT2D eigenvalue weighted by molar-refractivity contribution is -0.146. The van der Waals surface area contributed by atoms with Gasteiger partial charge in [0, 0.05) is 11.5 Å². The molecule has 2 rings (SSSR count). The molecule has 8 heteroatoms. The molecule has 1 saturated heterocycles. The summed E-state index contributed by atoms with van der Waals surface area (Å²) in [5, 5.41) is 17.7. The summed E-state index contributed by atoms with van der Waals surface area (Å²) in [6.45, 7) is 0. The molecule has 18 heavy (non-hydrogen) atoms. The molecule has 0 aromatic carbocycles. The molecule has 0 bridgehead atoms. The first kappa shape index (κ1) is 13.3. The summed E-state index contributed by atoms with van der Waals surface area (Å²) in [7, 11) is 0. The van der Waals surface area contributed by atoms with Gasteiger partial charge in [0.1, 0.15) is 5.70 Å². The Balaban J connectivity index is 2.12. The second kappa shape index (κ2) is 5.23. The smallest absolute Gasteiger partial charge is 0.352 e. The summed E-state index contributed by atoms with van der Waals surface area (Å²) in [6.07, 6.45) is 0.386. The van der Waals surface area contributed by atoms with Crippen molar-refractivity contribution in [2.45, 2.75) is 11.8 Å². The number of rotatable bonds is 5. The normalized spacial score (nSPS) is 22.6. The van der Waals surface area contributed by atoms with Gasteiger partial charge in [-0.25, -0.2) is 4.79 Å². The standard InChI is InChI=1S/C10H11NO5S2/c12-6-1-7-11(6)9(10(15)16)5(3-18-7)2-17-4-8(13)14/h7H,1-4H2,(H,13,14)(H,15,16)/t7-/m1/s1. The van der Waals surface area contributed by atoms with E-state index in [0.29, 0.717) is 23.5 Å². The highest BCUT2D eigenvalue weighted by Gasteiger charge is 2.45. The number of fused-ring (bicyclic) bond motifs is 1. The number of amides is 1. The van der Waals surface area contributed by atoms with Crippen molar-refractivity contribution in [1.82, 2.24) is 4.90 Å². The van der Waals surface area contributed by atoms with E-state index in [1.54, 1.807) is 0 Å². The number of aliphatic carboxylic acids is 2. The van der Waals surface area contributed by atoms with Gasteiger partial charge in [0.15, 0.2) is 0 Å². The molecule has 1 amide bonds. The first-order valence-electron chi connectivity index (χ1n) is 5.19. The first-order chi connectivity index (χ1) is 8.50. The number of carbonyl (C=O) groups excluding carboxylic acids is 1. The fourth-order valence-corrected chi connectivity index (χ4v) is 4.01. The van der Waals surface area contributed by atoms with Crippen LogP contribution in [0.5, 0.6) is 0 Å². The summed E-state index contributed by atoms with van der Waals surface area (Å²) in [5.74, 6) is -1.41. The van der Waals surface area contributed by atoms with Crippen LogP contribution in [0.25, 0.3) is 0 Å². The van der Waals surface area contributed by atoms with Gasteiger partial charge in [0.2, 0.25) is 5.91 Å². The SMILES string of the molecule is O=C(O)CSCC1=C(C(=O)O)N2C(=O)C[C@H]2SC1. The predicted octanol–water partition coefficient (Wildman–Crippen LogP) is 0.448. The molecule has 0 aromatic rings. The predicted molar refractivity (Wildman–Crippen MR) is 67.3 cm³/mol. The second-order valence-electron chi connectivity index (χ2n) is 3.88. The largest absolute Gasteiger partial charge is 0.481 e. The van der Waals surface area contributed by atoms with Crippen LogP contribution in [0.2, 0.25) is 0 Å². The van der Waals surface area contributed by atoms with E-state index in [-0.39, 0.29) is 22.7 Å². The first-order valence-corrected chi connectivity index (χ1v) is 7.39. The summed E-state index contributed by atoms with van der Waals surface area (Å²) in [6, 6.07) is 0. The highest BCUT2D eigenvalue weighted by molar-refractivity contribution is 8.01. The maximum Gasteiger partial charge on any atom is 0.352 e. The average Bonchev–Trinajstić information content (AvgIpc) is 2.28. The van der Waals surface area contributed by atoms with E-state index in [9.17, 15) is 19.5 Å². The highest BCUT2D eigenvalue weighted by Crippen LogP contribution is 2.40. The monoisotopic (exact) mass is 289 g/mol. The Morgan fingerprint density at radius 3 is 2.72 bits per heavy atom. The van der Waals surface area contributed by atoms with Gasteiger partial charge in [0.05, 0.1) is 17.5 Å². The lowest BCUT2D eigenvalue weighted by Gasteiger charge is -2.44. The summed E-state index contributed by atoms with van der Waals surface area (Å²) >= 11 is 2.67. The quantitative estimate of drug-likeness (QED) is 0.709. The Kier molecular flexibility index (Phi) is 3.86. The molecule has 1 atom stereocenters. The Labute approximate surface area is 111 Å². The maximum absolute atomic E-state index is 11.4. The van der Waals surface area contributed by atoms with Crippen LogP contribution < -0.4 is 0 Å². The minimum Gasteiger partial charge on any atom is -0.481 e. The van der Waals surface area contributed by atoms with Gasteiger partial charge in [-0.15, -0.1) is 23.5 Å². The van der Waals surface area contributed by atoms with E-state index in [2.05, 4.69) is 0 Å². The van der Waals surface area contributed by atoms with Gasteiger partial charge in [-0.2, -0.15) is 0 Å². The molecule has 2 N–H and O–H groups in total. The van der Waals surface area contributed by atoms with Crippen molar-refractivity contribution in [2.75, 3.05) is 17.3 Å². The third kappa shape index (κ3) is 2.49. The zero-order valence-corrected chi connectivity index (χ0v) is 10.9. The lowest BCUT2D eigenvalue weighted by atomic mass is 10.1. The zero-order valence-electron chi connectivity index (χ0n) is 9.29. The fraction of sp³-hybridized carbons (Fsp3) is 0.500. The molecule has 0 aromatic heterocycles. The molecule has 0 saturated carbocycles. The number of nitrogens with zero attached hydrogens (tertiary/aromatic N) is 1. The van der Waals surface area contributed by atoms with Gasteiger partial charge >= 0.3 is 11.9 Å². The molecule has 2 aliphatic rings. The fourth-order valence-electron chi connectivity index (χ4n) is 1.85. The molecule has 1 fully saturated rings.